The smallest absolute Gasteiger partial charge is 0.348 e. The van der Waals surface area contributed by atoms with E-state index in [1.165, 1.54) is 12.4 Å². The molecule has 0 aromatic carbocycles. The minimum atomic E-state index is -1.03. The number of carbonyl (C=O) groups excluding carboxylic acids is 1. The molecular formula is C29H36ClN3O4S. The molecule has 0 aliphatic heterocycles. The number of nitrogens with zero attached hydrogens (tertiary/aromatic N) is 3. The van der Waals surface area contributed by atoms with Crippen LogP contribution in [-0.4, -0.2) is 39.1 Å². The largest absolute Gasteiger partial charge is 0.477 e. The first-order valence-corrected chi connectivity index (χ1v) is 14.6. The van der Waals surface area contributed by atoms with Gasteiger partial charge < -0.3 is 14.7 Å². The second-order valence-electron chi connectivity index (χ2n) is 11.5. The lowest BCUT2D eigenvalue weighted by molar-refractivity contribution is -0.124. The van der Waals surface area contributed by atoms with Gasteiger partial charge in [0.05, 0.1) is 23.0 Å². The molecule has 2 aliphatic carbocycles. The molecular weight excluding hydrogens is 522 g/mol. The van der Waals surface area contributed by atoms with Gasteiger partial charge in [-0.05, 0) is 84.1 Å². The Morgan fingerprint density at radius 1 is 1.08 bits per heavy atom. The molecule has 1 N–H and O–H groups in total. The van der Waals surface area contributed by atoms with Crippen LogP contribution in [0.1, 0.15) is 93.6 Å². The Labute approximate surface area is 234 Å². The average Bonchev–Trinajstić information content (AvgIpc) is 3.30. The number of thiophene rings is 1. The summed E-state index contributed by atoms with van der Waals surface area (Å²) in [5, 5.41) is 10.4. The number of hydrogen-bond donors (Lipinski definition) is 1. The van der Waals surface area contributed by atoms with Gasteiger partial charge in [-0.2, -0.15) is 0 Å². The number of rotatable bonds is 6. The van der Waals surface area contributed by atoms with Crippen LogP contribution in [-0.2, 0) is 4.79 Å². The third-order valence-electron chi connectivity index (χ3n) is 7.22. The van der Waals surface area contributed by atoms with Crippen LogP contribution in [0.2, 0.25) is 5.15 Å². The third kappa shape index (κ3) is 7.27. The molecule has 2 heterocycles. The molecule has 0 unspecified atom stereocenters. The number of ether oxygens (including phenoxy) is 1. The lowest BCUT2D eigenvalue weighted by Crippen LogP contribution is -2.47. The van der Waals surface area contributed by atoms with E-state index in [2.05, 4.69) is 28.7 Å². The molecule has 0 atom stereocenters. The molecule has 2 aromatic rings. The highest BCUT2D eigenvalue weighted by atomic mass is 35.5. The van der Waals surface area contributed by atoms with Crippen LogP contribution in [0.4, 0.5) is 5.69 Å². The second kappa shape index (κ2) is 12.0. The van der Waals surface area contributed by atoms with Crippen LogP contribution in [0.25, 0.3) is 0 Å². The highest BCUT2D eigenvalue weighted by Crippen LogP contribution is 2.39. The first-order valence-electron chi connectivity index (χ1n) is 13.4. The van der Waals surface area contributed by atoms with Gasteiger partial charge in [-0.1, -0.05) is 30.4 Å². The lowest BCUT2D eigenvalue weighted by atomic mass is 9.81. The first kappa shape index (κ1) is 28.4. The van der Waals surface area contributed by atoms with Gasteiger partial charge in [-0.3, -0.25) is 4.79 Å². The maximum Gasteiger partial charge on any atom is 0.348 e. The summed E-state index contributed by atoms with van der Waals surface area (Å²) < 4.78 is 6.02. The molecule has 0 spiro atoms. The van der Waals surface area contributed by atoms with Crippen molar-refractivity contribution in [3.05, 3.63) is 33.4 Å². The summed E-state index contributed by atoms with van der Waals surface area (Å²) in [7, 11) is 0. The molecule has 2 aliphatic rings. The summed E-state index contributed by atoms with van der Waals surface area (Å²) in [6, 6.07) is 1.70. The number of aromatic nitrogens is 2. The third-order valence-corrected chi connectivity index (χ3v) is 8.45. The fraction of sp³-hybridized carbons (Fsp3) is 0.586. The molecule has 2 fully saturated rings. The number of carboxylic acid groups (broad SMARTS) is 1. The summed E-state index contributed by atoms with van der Waals surface area (Å²) >= 11 is 6.98. The highest BCUT2D eigenvalue weighted by Gasteiger charge is 2.38. The van der Waals surface area contributed by atoms with Gasteiger partial charge in [0.15, 0.2) is 0 Å². The SMILES string of the molecule is CC(C)(C)C#Cc1cc(N(C(=O)[C@H]2CC[C@H](C)CC2)[C@H]2CC[C@@H](Oc3cnc(Cl)cn3)CC2)c(C(=O)O)s1. The van der Waals surface area contributed by atoms with Crippen molar-refractivity contribution in [1.29, 1.82) is 0 Å². The van der Waals surface area contributed by atoms with Gasteiger partial charge >= 0.3 is 5.97 Å². The van der Waals surface area contributed by atoms with Crippen molar-refractivity contribution < 1.29 is 19.4 Å². The Balaban J connectivity index is 1.60. The molecule has 1 amide bonds. The normalized spacial score (nSPS) is 23.7. The van der Waals surface area contributed by atoms with E-state index in [0.29, 0.717) is 40.4 Å². The van der Waals surface area contributed by atoms with E-state index in [1.807, 2.05) is 26.8 Å². The van der Waals surface area contributed by atoms with Gasteiger partial charge in [-0.15, -0.1) is 11.3 Å². The zero-order valence-corrected chi connectivity index (χ0v) is 24.1. The van der Waals surface area contributed by atoms with E-state index in [-0.39, 0.29) is 34.3 Å². The minimum Gasteiger partial charge on any atom is -0.477 e. The van der Waals surface area contributed by atoms with Crippen LogP contribution in [0.5, 0.6) is 5.88 Å². The molecule has 0 saturated heterocycles. The number of halogens is 1. The fourth-order valence-electron chi connectivity index (χ4n) is 5.18. The molecule has 0 bridgehead atoms. The van der Waals surface area contributed by atoms with E-state index in [9.17, 15) is 14.7 Å². The average molecular weight is 558 g/mol. The number of carbonyl (C=O) groups is 2. The molecule has 7 nitrogen and oxygen atoms in total. The van der Waals surface area contributed by atoms with Crippen LogP contribution in [0.3, 0.4) is 0 Å². The van der Waals surface area contributed by atoms with Crippen molar-refractivity contribution in [3.8, 4) is 17.7 Å². The van der Waals surface area contributed by atoms with Gasteiger partial charge in [0.25, 0.3) is 0 Å². The lowest BCUT2D eigenvalue weighted by Gasteiger charge is -2.39. The zero-order chi connectivity index (χ0) is 27.4. The van der Waals surface area contributed by atoms with Crippen molar-refractivity contribution >= 4 is 40.5 Å². The first-order chi connectivity index (χ1) is 18.0. The molecule has 2 saturated carbocycles. The number of aromatic carboxylic acids is 1. The standard InChI is InChI=1S/C29H36ClN3O4S/c1-18-5-7-19(8-6-18)27(34)33(23-15-22(13-14-29(2,3)4)38-26(23)28(35)36)20-9-11-21(12-10-20)37-25-17-31-24(30)16-32-25/h15-21H,5-12H2,1-4H3,(H,35,36)/t18-,19-,20-,21+. The van der Waals surface area contributed by atoms with Crippen molar-refractivity contribution in [1.82, 2.24) is 9.97 Å². The molecule has 2 aromatic heterocycles. The van der Waals surface area contributed by atoms with Crippen LogP contribution in [0.15, 0.2) is 18.5 Å². The molecule has 4 rings (SSSR count). The topological polar surface area (TPSA) is 92.6 Å². The van der Waals surface area contributed by atoms with Crippen LogP contribution < -0.4 is 9.64 Å². The predicted molar refractivity (Wildman–Crippen MR) is 150 cm³/mol. The summed E-state index contributed by atoms with van der Waals surface area (Å²) in [5.74, 6) is 6.31. The van der Waals surface area contributed by atoms with E-state index in [1.54, 1.807) is 4.90 Å². The maximum absolute atomic E-state index is 14.0. The quantitative estimate of drug-likeness (QED) is 0.391. The Bertz CT molecular complexity index is 1200. The Hall–Kier alpha value is -2.63. The molecule has 204 valence electrons. The number of carboxylic acids is 1. The van der Waals surface area contributed by atoms with Gasteiger partial charge in [0.2, 0.25) is 11.8 Å². The monoisotopic (exact) mass is 557 g/mol. The number of anilines is 1. The number of amides is 1. The van der Waals surface area contributed by atoms with E-state index >= 15 is 0 Å². The maximum atomic E-state index is 14.0. The minimum absolute atomic E-state index is 0.0421. The van der Waals surface area contributed by atoms with Crippen LogP contribution >= 0.6 is 22.9 Å². The Kier molecular flexibility index (Phi) is 9.00. The fourth-order valence-corrected chi connectivity index (χ4v) is 6.12. The summed E-state index contributed by atoms with van der Waals surface area (Å²) in [4.78, 5) is 37.2. The molecule has 0 radical (unpaired) electrons. The Morgan fingerprint density at radius 2 is 1.76 bits per heavy atom. The van der Waals surface area contributed by atoms with Crippen LogP contribution in [0, 0.1) is 29.1 Å². The van der Waals surface area contributed by atoms with E-state index in [0.717, 1.165) is 49.9 Å². The summed E-state index contributed by atoms with van der Waals surface area (Å²) in [6.45, 7) is 8.28. The van der Waals surface area contributed by atoms with Gasteiger partial charge in [0.1, 0.15) is 16.1 Å². The van der Waals surface area contributed by atoms with Crippen molar-refractivity contribution in [2.24, 2.45) is 17.3 Å². The van der Waals surface area contributed by atoms with Gasteiger partial charge in [-0.25, -0.2) is 14.8 Å². The van der Waals surface area contributed by atoms with Gasteiger partial charge in [0, 0.05) is 17.4 Å². The molecule has 38 heavy (non-hydrogen) atoms. The summed E-state index contributed by atoms with van der Waals surface area (Å²) in [5.41, 5.74) is 0.270. The second-order valence-corrected chi connectivity index (χ2v) is 13.0. The van der Waals surface area contributed by atoms with Crippen molar-refractivity contribution in [2.45, 2.75) is 91.2 Å². The highest BCUT2D eigenvalue weighted by molar-refractivity contribution is 7.15. The number of hydrogen-bond acceptors (Lipinski definition) is 6. The zero-order valence-electron chi connectivity index (χ0n) is 22.5. The Morgan fingerprint density at radius 3 is 2.34 bits per heavy atom. The van der Waals surface area contributed by atoms with E-state index < -0.39 is 5.97 Å². The van der Waals surface area contributed by atoms with E-state index in [4.69, 9.17) is 16.3 Å². The predicted octanol–water partition coefficient (Wildman–Crippen LogP) is 6.84. The van der Waals surface area contributed by atoms with Crippen molar-refractivity contribution in [2.75, 3.05) is 4.90 Å². The molecule has 9 heteroatoms. The van der Waals surface area contributed by atoms with Crippen molar-refractivity contribution in [3.63, 3.8) is 0 Å². The summed E-state index contributed by atoms with van der Waals surface area (Å²) in [6.07, 6.45) is 9.50.